The van der Waals surface area contributed by atoms with Gasteiger partial charge < -0.3 is 10.0 Å². The van der Waals surface area contributed by atoms with Crippen molar-refractivity contribution < 1.29 is 9.90 Å². The first-order chi connectivity index (χ1) is 9.72. The topological polar surface area (TPSA) is 82.1 Å². The van der Waals surface area contributed by atoms with Crippen LogP contribution in [0.5, 0.6) is 0 Å². The highest BCUT2D eigenvalue weighted by atomic mass is 32.1. The summed E-state index contributed by atoms with van der Waals surface area (Å²) in [7, 11) is 1.70. The molecule has 20 heavy (non-hydrogen) atoms. The lowest BCUT2D eigenvalue weighted by molar-refractivity contribution is 0.0786. The number of hydrogen-bond acceptors (Lipinski definition) is 5. The van der Waals surface area contributed by atoms with E-state index in [-0.39, 0.29) is 12.5 Å². The molecular formula is C13H14N4O2S. The molecule has 0 radical (unpaired) electrons. The molecule has 2 rings (SSSR count). The minimum Gasteiger partial charge on any atom is -0.395 e. The normalized spacial score (nSPS) is 9.90. The van der Waals surface area contributed by atoms with Crippen molar-refractivity contribution in [2.24, 2.45) is 0 Å². The second-order valence-corrected chi connectivity index (χ2v) is 4.95. The van der Waals surface area contributed by atoms with Crippen LogP contribution in [-0.4, -0.2) is 44.7 Å². The van der Waals surface area contributed by atoms with E-state index in [0.717, 1.165) is 0 Å². The van der Waals surface area contributed by atoms with Crippen LogP contribution in [0.3, 0.4) is 0 Å². The van der Waals surface area contributed by atoms with Gasteiger partial charge in [0.2, 0.25) is 0 Å². The molecule has 0 saturated carbocycles. The van der Waals surface area contributed by atoms with Crippen LogP contribution in [0.25, 0.3) is 0 Å². The van der Waals surface area contributed by atoms with Gasteiger partial charge in [-0.15, -0.1) is 11.3 Å². The summed E-state index contributed by atoms with van der Waals surface area (Å²) >= 11 is 1.35. The van der Waals surface area contributed by atoms with Crippen molar-refractivity contribution in [1.82, 2.24) is 20.1 Å². The molecule has 0 unspecified atom stereocenters. The lowest BCUT2D eigenvalue weighted by Gasteiger charge is -2.14. The van der Waals surface area contributed by atoms with Crippen molar-refractivity contribution in [2.75, 3.05) is 13.7 Å². The van der Waals surface area contributed by atoms with Crippen LogP contribution in [0.15, 0.2) is 17.8 Å². The number of thiophene rings is 1. The van der Waals surface area contributed by atoms with Gasteiger partial charge in [0.05, 0.1) is 13.2 Å². The van der Waals surface area contributed by atoms with Gasteiger partial charge in [0, 0.05) is 19.0 Å². The predicted octanol–water partition coefficient (Wildman–Crippen LogP) is 0.872. The van der Waals surface area contributed by atoms with Crippen LogP contribution in [0.1, 0.15) is 27.5 Å². The minimum absolute atomic E-state index is 0.0197. The summed E-state index contributed by atoms with van der Waals surface area (Å²) in [6, 6.07) is 1.81. The fourth-order valence-corrected chi connectivity index (χ4v) is 2.41. The number of H-pyrrole nitrogens is 1. The molecule has 2 aromatic rings. The maximum atomic E-state index is 12.3. The van der Waals surface area contributed by atoms with E-state index >= 15 is 0 Å². The first-order valence-corrected chi connectivity index (χ1v) is 6.87. The predicted molar refractivity (Wildman–Crippen MR) is 75.1 cm³/mol. The first-order valence-electron chi connectivity index (χ1n) is 5.99. The molecule has 0 aliphatic rings. The van der Waals surface area contributed by atoms with Crippen LogP contribution < -0.4 is 0 Å². The Kier molecular flexibility index (Phi) is 4.87. The minimum atomic E-state index is -0.107. The summed E-state index contributed by atoms with van der Waals surface area (Å²) in [5.41, 5.74) is 0.692. The van der Waals surface area contributed by atoms with E-state index in [0.29, 0.717) is 29.2 Å². The van der Waals surface area contributed by atoms with Crippen LogP contribution in [0.4, 0.5) is 0 Å². The highest BCUT2D eigenvalue weighted by Crippen LogP contribution is 2.18. The highest BCUT2D eigenvalue weighted by Gasteiger charge is 2.17. The van der Waals surface area contributed by atoms with Gasteiger partial charge in [-0.1, -0.05) is 11.8 Å². The summed E-state index contributed by atoms with van der Waals surface area (Å²) in [6.45, 7) is 0.381. The summed E-state index contributed by atoms with van der Waals surface area (Å²) in [4.78, 5) is 18.5. The SMILES string of the molecule is CN(Cc1ncn[nH]1)C(=O)c1sccc1C#CCCO. The fourth-order valence-electron chi connectivity index (χ4n) is 1.56. The van der Waals surface area contributed by atoms with Crippen molar-refractivity contribution in [3.05, 3.63) is 34.0 Å². The number of aromatic amines is 1. The molecule has 0 aliphatic carbocycles. The molecule has 0 bridgehead atoms. The zero-order valence-corrected chi connectivity index (χ0v) is 11.8. The van der Waals surface area contributed by atoms with Crippen molar-refractivity contribution in [3.8, 4) is 11.8 Å². The third-order valence-electron chi connectivity index (χ3n) is 2.52. The molecule has 0 atom stereocenters. The summed E-state index contributed by atoms with van der Waals surface area (Å²) in [6.07, 6.45) is 1.81. The summed E-state index contributed by atoms with van der Waals surface area (Å²) in [5.74, 6) is 6.25. The number of nitrogens with zero attached hydrogens (tertiary/aromatic N) is 3. The largest absolute Gasteiger partial charge is 0.395 e. The number of aliphatic hydroxyl groups is 1. The zero-order chi connectivity index (χ0) is 14.4. The lowest BCUT2D eigenvalue weighted by Crippen LogP contribution is -2.26. The van der Waals surface area contributed by atoms with Crippen LogP contribution in [0, 0.1) is 11.8 Å². The quantitative estimate of drug-likeness (QED) is 0.819. The van der Waals surface area contributed by atoms with E-state index < -0.39 is 0 Å². The molecule has 2 aromatic heterocycles. The number of hydrogen-bond donors (Lipinski definition) is 2. The number of carbonyl (C=O) groups is 1. The fraction of sp³-hybridized carbons (Fsp3) is 0.308. The lowest BCUT2D eigenvalue weighted by atomic mass is 10.2. The van der Waals surface area contributed by atoms with Gasteiger partial charge in [0.15, 0.2) is 0 Å². The Hall–Kier alpha value is -2.17. The number of nitrogens with one attached hydrogen (secondary N) is 1. The monoisotopic (exact) mass is 290 g/mol. The Labute approximate surface area is 120 Å². The number of carbonyl (C=O) groups excluding carboxylic acids is 1. The molecule has 0 fully saturated rings. The van der Waals surface area contributed by atoms with E-state index in [2.05, 4.69) is 27.0 Å². The van der Waals surface area contributed by atoms with Gasteiger partial charge in [-0.2, -0.15) is 5.10 Å². The molecule has 0 aromatic carbocycles. The second kappa shape index (κ2) is 6.84. The Morgan fingerprint density at radius 3 is 3.15 bits per heavy atom. The Bertz CT molecular complexity index is 624. The summed E-state index contributed by atoms with van der Waals surface area (Å²) in [5, 5.41) is 17.0. The van der Waals surface area contributed by atoms with E-state index in [1.165, 1.54) is 17.7 Å². The highest BCUT2D eigenvalue weighted by molar-refractivity contribution is 7.12. The van der Waals surface area contributed by atoms with Gasteiger partial charge in [0.25, 0.3) is 5.91 Å². The average Bonchev–Trinajstić information content (AvgIpc) is 3.09. The zero-order valence-electron chi connectivity index (χ0n) is 11.0. The molecule has 1 amide bonds. The van der Waals surface area contributed by atoms with E-state index in [1.807, 2.05) is 11.4 Å². The van der Waals surface area contributed by atoms with Gasteiger partial charge in [-0.3, -0.25) is 9.89 Å². The number of aliphatic hydroxyl groups excluding tert-OH is 1. The molecular weight excluding hydrogens is 276 g/mol. The van der Waals surface area contributed by atoms with Gasteiger partial charge in [0.1, 0.15) is 17.0 Å². The van der Waals surface area contributed by atoms with Crippen LogP contribution in [0.2, 0.25) is 0 Å². The molecule has 2 N–H and O–H groups in total. The number of amides is 1. The molecule has 0 aliphatic heterocycles. The van der Waals surface area contributed by atoms with Crippen molar-refractivity contribution in [2.45, 2.75) is 13.0 Å². The van der Waals surface area contributed by atoms with Gasteiger partial charge >= 0.3 is 0 Å². The van der Waals surface area contributed by atoms with Gasteiger partial charge in [-0.05, 0) is 11.4 Å². The first kappa shape index (κ1) is 14.2. The molecule has 0 spiro atoms. The Morgan fingerprint density at radius 2 is 2.45 bits per heavy atom. The van der Waals surface area contributed by atoms with E-state index in [4.69, 9.17) is 5.11 Å². The maximum absolute atomic E-state index is 12.3. The van der Waals surface area contributed by atoms with E-state index in [9.17, 15) is 4.79 Å². The smallest absolute Gasteiger partial charge is 0.265 e. The third kappa shape index (κ3) is 3.44. The molecule has 7 heteroatoms. The van der Waals surface area contributed by atoms with Crippen molar-refractivity contribution >= 4 is 17.2 Å². The van der Waals surface area contributed by atoms with Crippen LogP contribution >= 0.6 is 11.3 Å². The molecule has 6 nitrogen and oxygen atoms in total. The van der Waals surface area contributed by atoms with Crippen LogP contribution in [-0.2, 0) is 6.54 Å². The van der Waals surface area contributed by atoms with Crippen molar-refractivity contribution in [3.63, 3.8) is 0 Å². The average molecular weight is 290 g/mol. The number of aromatic nitrogens is 3. The van der Waals surface area contributed by atoms with E-state index in [1.54, 1.807) is 11.9 Å². The standard InChI is InChI=1S/C13H14N4O2S/c1-17(8-11-14-9-15-16-11)13(19)12-10(5-7-20-12)4-2-3-6-18/h5,7,9,18H,3,6,8H2,1H3,(H,14,15,16). The van der Waals surface area contributed by atoms with Gasteiger partial charge in [-0.25, -0.2) is 4.98 Å². The Morgan fingerprint density at radius 1 is 1.60 bits per heavy atom. The number of rotatable bonds is 4. The second-order valence-electron chi connectivity index (χ2n) is 4.03. The third-order valence-corrected chi connectivity index (χ3v) is 3.42. The van der Waals surface area contributed by atoms with Crippen molar-refractivity contribution in [1.29, 1.82) is 0 Å². The maximum Gasteiger partial charge on any atom is 0.265 e. The molecule has 104 valence electrons. The molecule has 0 saturated heterocycles. The summed E-state index contributed by atoms with van der Waals surface area (Å²) < 4.78 is 0. The Balaban J connectivity index is 2.09. The molecule has 2 heterocycles.